The minimum absolute atomic E-state index is 0.336. The lowest BCUT2D eigenvalue weighted by Crippen LogP contribution is -2.40. The van der Waals surface area contributed by atoms with Gasteiger partial charge in [0, 0.05) is 20.3 Å². The molecule has 0 aliphatic carbocycles. The third-order valence-corrected chi connectivity index (χ3v) is 4.56. The van der Waals surface area contributed by atoms with E-state index >= 15 is 0 Å². The van der Waals surface area contributed by atoms with Crippen molar-refractivity contribution in [2.45, 2.75) is 25.2 Å². The van der Waals surface area contributed by atoms with Crippen LogP contribution in [0.4, 0.5) is 13.2 Å². The molecule has 0 saturated heterocycles. The zero-order chi connectivity index (χ0) is 9.78. The Morgan fingerprint density at radius 2 is 1.58 bits per heavy atom. The van der Waals surface area contributed by atoms with Crippen molar-refractivity contribution in [3.63, 3.8) is 0 Å². The van der Waals surface area contributed by atoms with Gasteiger partial charge in [0.1, 0.15) is 0 Å². The number of halogens is 3. The Labute approximate surface area is 70.9 Å². The van der Waals surface area contributed by atoms with E-state index in [0.717, 1.165) is 0 Å². The normalized spacial score (nSPS) is 15.2. The molecule has 0 amide bonds. The molecule has 0 aromatic rings. The molecule has 2 nitrogen and oxygen atoms in total. The predicted molar refractivity (Wildman–Crippen MR) is 41.3 cm³/mol. The third-order valence-electron chi connectivity index (χ3n) is 1.70. The molecule has 12 heavy (non-hydrogen) atoms. The van der Waals surface area contributed by atoms with E-state index in [1.54, 1.807) is 6.55 Å². The van der Waals surface area contributed by atoms with Crippen molar-refractivity contribution in [3.05, 3.63) is 0 Å². The van der Waals surface area contributed by atoms with E-state index in [9.17, 15) is 13.2 Å². The molecule has 0 rings (SSSR count). The highest BCUT2D eigenvalue weighted by atomic mass is 28.4. The summed E-state index contributed by atoms with van der Waals surface area (Å²) in [4.78, 5) is 0. The molecule has 0 aromatic heterocycles. The second-order valence-electron chi connectivity index (χ2n) is 2.60. The van der Waals surface area contributed by atoms with Crippen LogP contribution in [0.1, 0.15) is 0 Å². The molecular weight excluding hydrogens is 189 g/mol. The lowest BCUT2D eigenvalue weighted by Gasteiger charge is -2.23. The highest BCUT2D eigenvalue weighted by Crippen LogP contribution is 2.20. The predicted octanol–water partition coefficient (Wildman–Crippen LogP) is 1.95. The number of hydrogen-bond donors (Lipinski definition) is 0. The van der Waals surface area contributed by atoms with Gasteiger partial charge in [-0.25, -0.2) is 13.2 Å². The van der Waals surface area contributed by atoms with E-state index in [1.807, 2.05) is 0 Å². The van der Waals surface area contributed by atoms with Crippen LogP contribution in [-0.2, 0) is 8.85 Å². The maximum Gasteiger partial charge on any atom is 0.337 e. The van der Waals surface area contributed by atoms with E-state index in [4.69, 9.17) is 8.85 Å². The molecule has 74 valence electrons. The Morgan fingerprint density at radius 3 is 1.83 bits per heavy atom. The minimum Gasteiger partial charge on any atom is -0.398 e. The molecule has 0 radical (unpaired) electrons. The van der Waals surface area contributed by atoms with Gasteiger partial charge in [-0.15, -0.1) is 0 Å². The molecule has 6 heteroatoms. The molecule has 0 heterocycles. The SMILES string of the molecule is CO[Si](C)(CC(F)C(F)F)OC. The second-order valence-corrected chi connectivity index (χ2v) is 6.09. The van der Waals surface area contributed by atoms with Crippen LogP contribution in [0.3, 0.4) is 0 Å². The van der Waals surface area contributed by atoms with Crippen LogP contribution >= 0.6 is 0 Å². The van der Waals surface area contributed by atoms with Crippen molar-refractivity contribution in [1.82, 2.24) is 0 Å². The smallest absolute Gasteiger partial charge is 0.337 e. The Bertz CT molecular complexity index is 130. The van der Waals surface area contributed by atoms with Crippen LogP contribution in [0.5, 0.6) is 0 Å². The van der Waals surface area contributed by atoms with Crippen LogP contribution < -0.4 is 0 Å². The van der Waals surface area contributed by atoms with Gasteiger partial charge in [0.2, 0.25) is 0 Å². The number of rotatable bonds is 5. The average molecular weight is 202 g/mol. The molecule has 0 bridgehead atoms. The van der Waals surface area contributed by atoms with Crippen LogP contribution in [0.15, 0.2) is 0 Å². The zero-order valence-electron chi connectivity index (χ0n) is 7.31. The summed E-state index contributed by atoms with van der Waals surface area (Å²) in [6, 6.07) is -0.336. The topological polar surface area (TPSA) is 18.5 Å². The summed E-state index contributed by atoms with van der Waals surface area (Å²) in [6.45, 7) is 1.54. The Balaban J connectivity index is 4.02. The largest absolute Gasteiger partial charge is 0.398 e. The minimum atomic E-state index is -2.96. The molecule has 1 unspecified atom stereocenters. The van der Waals surface area contributed by atoms with Crippen molar-refractivity contribution in [3.8, 4) is 0 Å². The number of alkyl halides is 3. The lowest BCUT2D eigenvalue weighted by molar-refractivity contribution is 0.0535. The summed E-state index contributed by atoms with van der Waals surface area (Å²) in [7, 11) is 0.00417. The third kappa shape index (κ3) is 3.55. The van der Waals surface area contributed by atoms with Gasteiger partial charge in [-0.05, 0) is 6.55 Å². The standard InChI is InChI=1S/C6H13F3O2Si/c1-10-12(3,11-2)4-5(7)6(8)9/h5-6H,4H2,1-3H3. The van der Waals surface area contributed by atoms with Crippen molar-refractivity contribution in [1.29, 1.82) is 0 Å². The summed E-state index contributed by atoms with van der Waals surface area (Å²) in [5.41, 5.74) is 0. The van der Waals surface area contributed by atoms with Gasteiger partial charge in [0.05, 0.1) is 0 Å². The van der Waals surface area contributed by atoms with Gasteiger partial charge in [0.15, 0.2) is 6.17 Å². The lowest BCUT2D eigenvalue weighted by atomic mass is 10.5. The van der Waals surface area contributed by atoms with Crippen molar-refractivity contribution < 1.29 is 22.0 Å². The summed E-state index contributed by atoms with van der Waals surface area (Å²) in [6.07, 6.45) is -5.11. The van der Waals surface area contributed by atoms with Gasteiger partial charge in [0.25, 0.3) is 6.43 Å². The molecular formula is C6H13F3O2Si. The second kappa shape index (κ2) is 4.83. The Morgan fingerprint density at radius 1 is 1.17 bits per heavy atom. The van der Waals surface area contributed by atoms with Gasteiger partial charge in [-0.3, -0.25) is 0 Å². The summed E-state index contributed by atoms with van der Waals surface area (Å²) in [5.74, 6) is 0. The molecule has 0 spiro atoms. The first-order valence-corrected chi connectivity index (χ1v) is 6.00. The van der Waals surface area contributed by atoms with Crippen LogP contribution in [0, 0.1) is 0 Å². The van der Waals surface area contributed by atoms with Gasteiger partial charge >= 0.3 is 8.56 Å². The summed E-state index contributed by atoms with van der Waals surface area (Å²) >= 11 is 0. The summed E-state index contributed by atoms with van der Waals surface area (Å²) in [5, 5.41) is 0. The Kier molecular flexibility index (Phi) is 4.80. The van der Waals surface area contributed by atoms with E-state index < -0.39 is 21.2 Å². The fourth-order valence-electron chi connectivity index (χ4n) is 0.693. The molecule has 0 N–H and O–H groups in total. The van der Waals surface area contributed by atoms with Crippen molar-refractivity contribution in [2.75, 3.05) is 14.2 Å². The van der Waals surface area contributed by atoms with Crippen LogP contribution in [0.25, 0.3) is 0 Å². The molecule has 0 saturated carbocycles. The quantitative estimate of drug-likeness (QED) is 0.634. The molecule has 0 aliphatic rings. The Hall–Kier alpha value is -0.0731. The van der Waals surface area contributed by atoms with Gasteiger partial charge in [-0.1, -0.05) is 0 Å². The van der Waals surface area contributed by atoms with Crippen LogP contribution in [-0.4, -0.2) is 35.4 Å². The van der Waals surface area contributed by atoms with Crippen LogP contribution in [0.2, 0.25) is 12.6 Å². The summed E-state index contributed by atoms with van der Waals surface area (Å²) < 4.78 is 45.8. The molecule has 1 atom stereocenters. The van der Waals surface area contributed by atoms with Crippen molar-refractivity contribution in [2.24, 2.45) is 0 Å². The maximum absolute atomic E-state index is 12.5. The molecule has 0 aliphatic heterocycles. The molecule has 0 aromatic carbocycles. The number of hydrogen-bond acceptors (Lipinski definition) is 2. The molecule has 0 fully saturated rings. The monoisotopic (exact) mass is 202 g/mol. The van der Waals surface area contributed by atoms with E-state index in [-0.39, 0.29) is 6.04 Å². The maximum atomic E-state index is 12.5. The highest BCUT2D eigenvalue weighted by molar-refractivity contribution is 6.66. The fraction of sp³-hybridized carbons (Fsp3) is 1.00. The first kappa shape index (κ1) is 11.9. The first-order chi connectivity index (χ1) is 5.45. The van der Waals surface area contributed by atoms with E-state index in [2.05, 4.69) is 0 Å². The van der Waals surface area contributed by atoms with E-state index in [1.165, 1.54) is 14.2 Å². The first-order valence-electron chi connectivity index (χ1n) is 3.47. The zero-order valence-corrected chi connectivity index (χ0v) is 8.31. The van der Waals surface area contributed by atoms with Crippen molar-refractivity contribution >= 4 is 8.56 Å². The highest BCUT2D eigenvalue weighted by Gasteiger charge is 2.36. The van der Waals surface area contributed by atoms with Gasteiger partial charge < -0.3 is 8.85 Å². The average Bonchev–Trinajstić information content (AvgIpc) is 2.04. The van der Waals surface area contributed by atoms with Gasteiger partial charge in [-0.2, -0.15) is 0 Å². The van der Waals surface area contributed by atoms with E-state index in [0.29, 0.717) is 0 Å². The fourth-order valence-corrected chi connectivity index (χ4v) is 2.08.